The number of likely N-dealkylation sites (tertiary alicyclic amines) is 1. The Morgan fingerprint density at radius 1 is 1.41 bits per heavy atom. The summed E-state index contributed by atoms with van der Waals surface area (Å²) in [5.41, 5.74) is 0.777. The number of nitrogens with one attached hydrogen (secondary N) is 1. The topological polar surface area (TPSA) is 61.8 Å². The van der Waals surface area contributed by atoms with Gasteiger partial charge in [0.05, 0.1) is 12.0 Å². The summed E-state index contributed by atoms with van der Waals surface area (Å²) >= 11 is 0. The minimum absolute atomic E-state index is 0.0363. The highest BCUT2D eigenvalue weighted by Crippen LogP contribution is 2.35. The number of hydrogen-bond acceptors (Lipinski definition) is 4. The van der Waals surface area contributed by atoms with Gasteiger partial charge in [-0.25, -0.2) is 0 Å². The van der Waals surface area contributed by atoms with E-state index in [0.717, 1.165) is 19.5 Å². The Hall–Kier alpha value is -1.43. The van der Waals surface area contributed by atoms with Crippen molar-refractivity contribution in [2.45, 2.75) is 19.4 Å². The van der Waals surface area contributed by atoms with Gasteiger partial charge in [-0.2, -0.15) is 0 Å². The molecule has 1 aliphatic rings. The van der Waals surface area contributed by atoms with E-state index in [9.17, 15) is 9.90 Å². The van der Waals surface area contributed by atoms with Crippen LogP contribution in [0.4, 0.5) is 0 Å². The van der Waals surface area contributed by atoms with Gasteiger partial charge in [-0.1, -0.05) is 30.3 Å². The molecule has 1 atom stereocenters. The van der Waals surface area contributed by atoms with Gasteiger partial charge >= 0.3 is 0 Å². The number of amides is 1. The van der Waals surface area contributed by atoms with E-state index in [4.69, 9.17) is 4.74 Å². The minimum atomic E-state index is -0.475. The molecular formula is C17H26N2O3. The molecule has 5 heteroatoms. The molecule has 2 N–H and O–H groups in total. The Bertz CT molecular complexity index is 466. The predicted molar refractivity (Wildman–Crippen MR) is 85.4 cm³/mol. The second kappa shape index (κ2) is 8.27. The largest absolute Gasteiger partial charge is 0.396 e. The second-order valence-corrected chi connectivity index (χ2v) is 5.95. The summed E-state index contributed by atoms with van der Waals surface area (Å²) in [6, 6.07) is 10.3. The molecule has 1 saturated heterocycles. The van der Waals surface area contributed by atoms with Crippen LogP contribution in [0.1, 0.15) is 18.4 Å². The van der Waals surface area contributed by atoms with E-state index in [-0.39, 0.29) is 12.5 Å². The number of carbonyl (C=O) groups excluding carboxylic acids is 1. The van der Waals surface area contributed by atoms with Gasteiger partial charge < -0.3 is 15.2 Å². The fourth-order valence-electron chi connectivity index (χ4n) is 3.11. The number of carbonyl (C=O) groups is 1. The highest BCUT2D eigenvalue weighted by atomic mass is 16.5. The Morgan fingerprint density at radius 3 is 2.86 bits per heavy atom. The molecule has 1 amide bonds. The molecule has 2 rings (SSSR count). The molecule has 1 unspecified atom stereocenters. The van der Waals surface area contributed by atoms with Crippen LogP contribution in [0.25, 0.3) is 0 Å². The number of hydrogen-bond donors (Lipinski definition) is 2. The van der Waals surface area contributed by atoms with E-state index in [1.807, 2.05) is 18.2 Å². The minimum Gasteiger partial charge on any atom is -0.396 e. The van der Waals surface area contributed by atoms with Crippen molar-refractivity contribution in [2.24, 2.45) is 5.41 Å². The van der Waals surface area contributed by atoms with E-state index >= 15 is 0 Å². The molecule has 22 heavy (non-hydrogen) atoms. The van der Waals surface area contributed by atoms with Crippen LogP contribution in [0, 0.1) is 5.41 Å². The first-order valence-corrected chi connectivity index (χ1v) is 7.84. The molecular weight excluding hydrogens is 280 g/mol. The highest BCUT2D eigenvalue weighted by Gasteiger charge is 2.43. The summed E-state index contributed by atoms with van der Waals surface area (Å²) in [5.74, 6) is 0.0363. The van der Waals surface area contributed by atoms with Crippen LogP contribution >= 0.6 is 0 Å². The zero-order valence-electron chi connectivity index (χ0n) is 13.3. The van der Waals surface area contributed by atoms with Crippen molar-refractivity contribution in [2.75, 3.05) is 40.0 Å². The molecule has 0 spiro atoms. The smallest absolute Gasteiger partial charge is 0.227 e. The number of ether oxygens (including phenoxy) is 1. The van der Waals surface area contributed by atoms with Crippen molar-refractivity contribution in [3.8, 4) is 0 Å². The maximum absolute atomic E-state index is 12.5. The van der Waals surface area contributed by atoms with Crippen LogP contribution in [0.15, 0.2) is 30.3 Å². The Morgan fingerprint density at radius 2 is 2.18 bits per heavy atom. The first-order valence-electron chi connectivity index (χ1n) is 7.84. The average Bonchev–Trinajstić information content (AvgIpc) is 2.93. The van der Waals surface area contributed by atoms with E-state index < -0.39 is 5.41 Å². The number of nitrogens with zero attached hydrogens (tertiary/aromatic N) is 1. The van der Waals surface area contributed by atoms with Gasteiger partial charge in [-0.15, -0.1) is 0 Å². The molecule has 1 aliphatic heterocycles. The summed E-state index contributed by atoms with van der Waals surface area (Å²) in [6.45, 7) is 3.49. The first kappa shape index (κ1) is 16.9. The van der Waals surface area contributed by atoms with E-state index in [1.165, 1.54) is 5.56 Å². The van der Waals surface area contributed by atoms with Gasteiger partial charge in [-0.05, 0) is 24.9 Å². The number of aliphatic hydroxyl groups is 1. The number of aliphatic hydroxyl groups excluding tert-OH is 1. The third kappa shape index (κ3) is 4.29. The number of benzene rings is 1. The third-order valence-electron chi connectivity index (χ3n) is 4.35. The molecule has 1 heterocycles. The standard InChI is InChI=1S/C17H26N2O3/c1-22-12-9-18-16(21)17(8-11-20)7-10-19(14-17)13-15-5-3-2-4-6-15/h2-6,20H,7-14H2,1H3,(H,18,21). The molecule has 0 saturated carbocycles. The van der Waals surface area contributed by atoms with Crippen LogP contribution in [0.5, 0.6) is 0 Å². The average molecular weight is 306 g/mol. The van der Waals surface area contributed by atoms with Crippen molar-refractivity contribution in [3.05, 3.63) is 35.9 Å². The van der Waals surface area contributed by atoms with Crippen molar-refractivity contribution in [1.82, 2.24) is 10.2 Å². The van der Waals surface area contributed by atoms with Crippen LogP contribution in [0.2, 0.25) is 0 Å². The lowest BCUT2D eigenvalue weighted by molar-refractivity contribution is -0.131. The quantitative estimate of drug-likeness (QED) is 0.704. The van der Waals surface area contributed by atoms with Gasteiger partial charge in [0.15, 0.2) is 0 Å². The van der Waals surface area contributed by atoms with Gasteiger partial charge in [-0.3, -0.25) is 9.69 Å². The molecule has 1 aromatic carbocycles. The summed E-state index contributed by atoms with van der Waals surface area (Å²) in [4.78, 5) is 14.8. The lowest BCUT2D eigenvalue weighted by Gasteiger charge is -2.27. The molecule has 122 valence electrons. The van der Waals surface area contributed by atoms with E-state index in [0.29, 0.717) is 26.1 Å². The molecule has 0 bridgehead atoms. The second-order valence-electron chi connectivity index (χ2n) is 5.95. The summed E-state index contributed by atoms with van der Waals surface area (Å²) in [5, 5.41) is 12.3. The SMILES string of the molecule is COCCNC(=O)C1(CCO)CCN(Cc2ccccc2)C1. The number of methoxy groups -OCH3 is 1. The first-order chi connectivity index (χ1) is 10.7. The normalized spacial score (nSPS) is 21.9. The Balaban J connectivity index is 1.96. The van der Waals surface area contributed by atoms with Crippen molar-refractivity contribution in [3.63, 3.8) is 0 Å². The highest BCUT2D eigenvalue weighted by molar-refractivity contribution is 5.83. The monoisotopic (exact) mass is 306 g/mol. The molecule has 0 aliphatic carbocycles. The van der Waals surface area contributed by atoms with Crippen LogP contribution in [-0.4, -0.2) is 55.9 Å². The van der Waals surface area contributed by atoms with Gasteiger partial charge in [0, 0.05) is 33.4 Å². The Labute approximate surface area is 132 Å². The van der Waals surface area contributed by atoms with Gasteiger partial charge in [0.2, 0.25) is 5.91 Å². The molecule has 1 fully saturated rings. The van der Waals surface area contributed by atoms with E-state index in [2.05, 4.69) is 22.3 Å². The fourth-order valence-corrected chi connectivity index (χ4v) is 3.11. The van der Waals surface area contributed by atoms with Crippen molar-refractivity contribution < 1.29 is 14.6 Å². The van der Waals surface area contributed by atoms with Crippen LogP contribution in [-0.2, 0) is 16.1 Å². The van der Waals surface area contributed by atoms with Crippen LogP contribution in [0.3, 0.4) is 0 Å². The molecule has 5 nitrogen and oxygen atoms in total. The summed E-state index contributed by atoms with van der Waals surface area (Å²) in [7, 11) is 1.62. The lowest BCUT2D eigenvalue weighted by atomic mass is 9.82. The van der Waals surface area contributed by atoms with E-state index in [1.54, 1.807) is 7.11 Å². The maximum Gasteiger partial charge on any atom is 0.227 e. The molecule has 1 aromatic rings. The Kier molecular flexibility index (Phi) is 6.36. The lowest BCUT2D eigenvalue weighted by Crippen LogP contribution is -2.44. The zero-order chi connectivity index (χ0) is 15.8. The molecule has 0 aromatic heterocycles. The van der Waals surface area contributed by atoms with Crippen molar-refractivity contribution in [1.29, 1.82) is 0 Å². The summed E-state index contributed by atoms with van der Waals surface area (Å²) < 4.78 is 4.97. The van der Waals surface area contributed by atoms with Crippen molar-refractivity contribution >= 4 is 5.91 Å². The van der Waals surface area contributed by atoms with Crippen LogP contribution < -0.4 is 5.32 Å². The number of rotatable bonds is 8. The third-order valence-corrected chi connectivity index (χ3v) is 4.35. The predicted octanol–water partition coefficient (Wildman–Crippen LogP) is 1.02. The summed E-state index contributed by atoms with van der Waals surface area (Å²) in [6.07, 6.45) is 1.30. The maximum atomic E-state index is 12.5. The fraction of sp³-hybridized carbons (Fsp3) is 0.588. The van der Waals surface area contributed by atoms with Gasteiger partial charge in [0.25, 0.3) is 0 Å². The zero-order valence-corrected chi connectivity index (χ0v) is 13.3. The molecule has 0 radical (unpaired) electrons. The van der Waals surface area contributed by atoms with Gasteiger partial charge in [0.1, 0.15) is 0 Å².